The Morgan fingerprint density at radius 2 is 1.89 bits per heavy atom. The van der Waals surface area contributed by atoms with E-state index in [2.05, 4.69) is 21.2 Å². The van der Waals surface area contributed by atoms with Crippen LogP contribution in [0, 0.1) is 5.92 Å². The van der Waals surface area contributed by atoms with Crippen LogP contribution in [-0.4, -0.2) is 23.7 Å². The first-order chi connectivity index (χ1) is 9.16. The molecule has 1 aromatic carbocycles. The van der Waals surface area contributed by atoms with Crippen LogP contribution in [-0.2, 0) is 0 Å². The maximum atomic E-state index is 11.9. The Morgan fingerprint density at radius 1 is 1.26 bits per heavy atom. The number of amides is 1. The van der Waals surface area contributed by atoms with E-state index in [1.807, 2.05) is 12.1 Å². The van der Waals surface area contributed by atoms with Crippen LogP contribution in [0.25, 0.3) is 0 Å². The summed E-state index contributed by atoms with van der Waals surface area (Å²) in [5, 5.41) is 12.9. The number of carbonyl (C=O) groups excluding carboxylic acids is 1. The summed E-state index contributed by atoms with van der Waals surface area (Å²) in [6.07, 6.45) is 5.41. The van der Waals surface area contributed by atoms with Crippen molar-refractivity contribution in [1.82, 2.24) is 5.32 Å². The molecule has 2 N–H and O–H groups in total. The molecule has 0 spiro atoms. The second kappa shape index (κ2) is 7.06. The predicted octanol–water partition coefficient (Wildman–Crippen LogP) is 3.12. The van der Waals surface area contributed by atoms with Crippen LogP contribution in [0.1, 0.15) is 42.5 Å². The molecule has 1 fully saturated rings. The van der Waals surface area contributed by atoms with E-state index in [0.29, 0.717) is 18.0 Å². The van der Waals surface area contributed by atoms with E-state index >= 15 is 0 Å². The molecule has 2 rings (SSSR count). The highest BCUT2D eigenvalue weighted by molar-refractivity contribution is 9.10. The van der Waals surface area contributed by atoms with Crippen LogP contribution in [0.15, 0.2) is 28.7 Å². The largest absolute Gasteiger partial charge is 0.391 e. The Labute approximate surface area is 122 Å². The standard InChI is InChI=1S/C15H20BrNO2/c16-13-8-6-12(7-9-13)15(19)17-10-14(18)11-4-2-1-3-5-11/h6-9,11,14,18H,1-5,10H2,(H,17,19). The topological polar surface area (TPSA) is 49.3 Å². The van der Waals surface area contributed by atoms with Gasteiger partial charge in [-0.1, -0.05) is 35.2 Å². The van der Waals surface area contributed by atoms with Gasteiger partial charge in [-0.2, -0.15) is 0 Å². The fraction of sp³-hybridized carbons (Fsp3) is 0.533. The zero-order valence-corrected chi connectivity index (χ0v) is 12.5. The summed E-state index contributed by atoms with van der Waals surface area (Å²) in [7, 11) is 0. The first kappa shape index (κ1) is 14.5. The van der Waals surface area contributed by atoms with Gasteiger partial charge in [-0.15, -0.1) is 0 Å². The number of benzene rings is 1. The van der Waals surface area contributed by atoms with Gasteiger partial charge in [-0.05, 0) is 43.0 Å². The maximum absolute atomic E-state index is 11.9. The van der Waals surface area contributed by atoms with E-state index in [9.17, 15) is 9.90 Å². The summed E-state index contributed by atoms with van der Waals surface area (Å²) in [5.41, 5.74) is 0.624. The number of hydrogen-bond donors (Lipinski definition) is 2. The molecule has 0 saturated heterocycles. The Morgan fingerprint density at radius 3 is 2.53 bits per heavy atom. The molecular formula is C15H20BrNO2. The molecule has 1 aliphatic rings. The molecular weight excluding hydrogens is 306 g/mol. The van der Waals surface area contributed by atoms with Crippen LogP contribution in [0.3, 0.4) is 0 Å². The molecule has 19 heavy (non-hydrogen) atoms. The highest BCUT2D eigenvalue weighted by Crippen LogP contribution is 2.26. The average molecular weight is 326 g/mol. The van der Waals surface area contributed by atoms with Gasteiger partial charge in [0.25, 0.3) is 5.91 Å². The summed E-state index contributed by atoms with van der Waals surface area (Å²) in [6.45, 7) is 0.347. The lowest BCUT2D eigenvalue weighted by Gasteiger charge is -2.26. The quantitative estimate of drug-likeness (QED) is 0.893. The number of carbonyl (C=O) groups is 1. The number of halogens is 1. The van der Waals surface area contributed by atoms with Gasteiger partial charge < -0.3 is 10.4 Å². The van der Waals surface area contributed by atoms with Crippen molar-refractivity contribution in [1.29, 1.82) is 0 Å². The molecule has 3 nitrogen and oxygen atoms in total. The molecule has 0 aromatic heterocycles. The second-order valence-electron chi connectivity index (χ2n) is 5.18. The van der Waals surface area contributed by atoms with Crippen LogP contribution in [0.5, 0.6) is 0 Å². The number of aliphatic hydroxyl groups excluding tert-OH is 1. The lowest BCUT2D eigenvalue weighted by atomic mass is 9.85. The van der Waals surface area contributed by atoms with Gasteiger partial charge in [0.15, 0.2) is 0 Å². The van der Waals surface area contributed by atoms with E-state index in [0.717, 1.165) is 17.3 Å². The van der Waals surface area contributed by atoms with Crippen molar-refractivity contribution in [3.8, 4) is 0 Å². The third-order valence-electron chi connectivity index (χ3n) is 3.77. The van der Waals surface area contributed by atoms with E-state index in [1.165, 1.54) is 19.3 Å². The van der Waals surface area contributed by atoms with Crippen LogP contribution in [0.4, 0.5) is 0 Å². The van der Waals surface area contributed by atoms with Gasteiger partial charge in [0.1, 0.15) is 0 Å². The normalized spacial score (nSPS) is 18.0. The maximum Gasteiger partial charge on any atom is 0.251 e. The van der Waals surface area contributed by atoms with Gasteiger partial charge in [0.05, 0.1) is 6.10 Å². The number of aliphatic hydroxyl groups is 1. The number of nitrogens with one attached hydrogen (secondary N) is 1. The molecule has 0 radical (unpaired) electrons. The van der Waals surface area contributed by atoms with Crippen molar-refractivity contribution in [2.45, 2.75) is 38.2 Å². The fourth-order valence-electron chi connectivity index (χ4n) is 2.59. The fourth-order valence-corrected chi connectivity index (χ4v) is 2.85. The molecule has 104 valence electrons. The van der Waals surface area contributed by atoms with Crippen LogP contribution < -0.4 is 5.32 Å². The summed E-state index contributed by atoms with van der Waals surface area (Å²) in [4.78, 5) is 11.9. The Balaban J connectivity index is 1.81. The average Bonchev–Trinajstić information content (AvgIpc) is 2.46. The van der Waals surface area contributed by atoms with Gasteiger partial charge >= 0.3 is 0 Å². The van der Waals surface area contributed by atoms with Crippen molar-refractivity contribution >= 4 is 21.8 Å². The molecule has 1 atom stereocenters. The lowest BCUT2D eigenvalue weighted by Crippen LogP contribution is -2.37. The van der Waals surface area contributed by atoms with Crippen LogP contribution in [0.2, 0.25) is 0 Å². The van der Waals surface area contributed by atoms with E-state index in [4.69, 9.17) is 0 Å². The third-order valence-corrected chi connectivity index (χ3v) is 4.30. The summed E-state index contributed by atoms with van der Waals surface area (Å²) >= 11 is 3.34. The molecule has 0 bridgehead atoms. The number of hydrogen-bond acceptors (Lipinski definition) is 2. The second-order valence-corrected chi connectivity index (χ2v) is 6.10. The monoisotopic (exact) mass is 325 g/mol. The minimum atomic E-state index is -0.417. The first-order valence-corrected chi connectivity index (χ1v) is 7.68. The molecule has 1 aromatic rings. The molecule has 1 amide bonds. The minimum Gasteiger partial charge on any atom is -0.391 e. The molecule has 4 heteroatoms. The van der Waals surface area contributed by atoms with E-state index in [-0.39, 0.29) is 5.91 Å². The van der Waals surface area contributed by atoms with Crippen molar-refractivity contribution < 1.29 is 9.90 Å². The van der Waals surface area contributed by atoms with Crippen molar-refractivity contribution in [2.24, 2.45) is 5.92 Å². The predicted molar refractivity (Wildman–Crippen MR) is 79.1 cm³/mol. The smallest absolute Gasteiger partial charge is 0.251 e. The van der Waals surface area contributed by atoms with Crippen molar-refractivity contribution in [2.75, 3.05) is 6.54 Å². The summed E-state index contributed by atoms with van der Waals surface area (Å²) < 4.78 is 0.950. The highest BCUT2D eigenvalue weighted by atomic mass is 79.9. The Hall–Kier alpha value is -0.870. The Kier molecular flexibility index (Phi) is 5.40. The minimum absolute atomic E-state index is 0.123. The SMILES string of the molecule is O=C(NCC(O)C1CCCCC1)c1ccc(Br)cc1. The Bertz CT molecular complexity index is 413. The third kappa shape index (κ3) is 4.32. The zero-order valence-electron chi connectivity index (χ0n) is 10.9. The van der Waals surface area contributed by atoms with Gasteiger partial charge in [0.2, 0.25) is 0 Å². The van der Waals surface area contributed by atoms with Gasteiger partial charge in [-0.25, -0.2) is 0 Å². The number of rotatable bonds is 4. The summed E-state index contributed by atoms with van der Waals surface area (Å²) in [5.74, 6) is 0.223. The van der Waals surface area contributed by atoms with Crippen molar-refractivity contribution in [3.63, 3.8) is 0 Å². The lowest BCUT2D eigenvalue weighted by molar-refractivity contribution is 0.0738. The molecule has 0 heterocycles. The van der Waals surface area contributed by atoms with Crippen LogP contribution >= 0.6 is 15.9 Å². The van der Waals surface area contributed by atoms with E-state index in [1.54, 1.807) is 12.1 Å². The first-order valence-electron chi connectivity index (χ1n) is 6.88. The zero-order chi connectivity index (χ0) is 13.7. The molecule has 1 unspecified atom stereocenters. The molecule has 1 aliphatic carbocycles. The van der Waals surface area contributed by atoms with Gasteiger partial charge in [-0.3, -0.25) is 4.79 Å². The highest BCUT2D eigenvalue weighted by Gasteiger charge is 2.22. The molecule has 1 saturated carbocycles. The summed E-state index contributed by atoms with van der Waals surface area (Å²) in [6, 6.07) is 7.22. The van der Waals surface area contributed by atoms with Crippen molar-refractivity contribution in [3.05, 3.63) is 34.3 Å². The van der Waals surface area contributed by atoms with Gasteiger partial charge in [0, 0.05) is 16.6 Å². The van der Waals surface area contributed by atoms with E-state index < -0.39 is 6.10 Å². The molecule has 0 aliphatic heterocycles.